The standard InChI is InChI=1S/C48H34/c1-3-33-34(4-2)48(44-26-14-13-25-43(44)47(33)42-27-15-18-31-16-5-7-19-35(31)42)45-29-28-41(38-22-10-11-23-39(38)45)46-30-32-17-6-8-20-36(32)37-21-9-12-24-40(37)46/h3-31,35H,1-2H2. The fourth-order valence-electron chi connectivity index (χ4n) is 8.30. The first-order valence-corrected chi connectivity index (χ1v) is 16.8. The molecule has 0 nitrogen and oxygen atoms in total. The van der Waals surface area contributed by atoms with E-state index >= 15 is 0 Å². The number of rotatable bonds is 5. The summed E-state index contributed by atoms with van der Waals surface area (Å²) >= 11 is 0. The van der Waals surface area contributed by atoms with Gasteiger partial charge in [0.15, 0.2) is 0 Å². The van der Waals surface area contributed by atoms with Gasteiger partial charge in [0, 0.05) is 11.8 Å². The molecule has 9 rings (SSSR count). The molecule has 0 saturated heterocycles. The van der Waals surface area contributed by atoms with Gasteiger partial charge in [-0.15, -0.1) is 0 Å². The Morgan fingerprint density at radius 1 is 0.438 bits per heavy atom. The lowest BCUT2D eigenvalue weighted by Gasteiger charge is -2.30. The molecule has 0 aliphatic heterocycles. The highest BCUT2D eigenvalue weighted by atomic mass is 14.3. The summed E-state index contributed by atoms with van der Waals surface area (Å²) in [6.45, 7) is 8.79. The maximum atomic E-state index is 4.40. The Kier molecular flexibility index (Phi) is 6.69. The van der Waals surface area contributed by atoms with E-state index in [0.29, 0.717) is 5.92 Å². The molecule has 0 bridgehead atoms. The van der Waals surface area contributed by atoms with Crippen molar-refractivity contribution in [2.24, 2.45) is 11.8 Å². The van der Waals surface area contributed by atoms with Crippen molar-refractivity contribution in [3.63, 3.8) is 0 Å². The van der Waals surface area contributed by atoms with Gasteiger partial charge in [-0.25, -0.2) is 0 Å². The molecule has 0 amide bonds. The van der Waals surface area contributed by atoms with E-state index in [4.69, 9.17) is 0 Å². The normalized spacial score (nSPS) is 16.8. The Bertz CT molecular complexity index is 2600. The third-order valence-electron chi connectivity index (χ3n) is 10.4. The molecular weight excluding hydrogens is 577 g/mol. The van der Waals surface area contributed by atoms with E-state index in [0.717, 1.165) is 11.1 Å². The fourth-order valence-corrected chi connectivity index (χ4v) is 8.30. The molecule has 0 radical (unpaired) electrons. The summed E-state index contributed by atoms with van der Waals surface area (Å²) < 4.78 is 0. The van der Waals surface area contributed by atoms with Crippen LogP contribution in [0.15, 0.2) is 171 Å². The number of hydrogen-bond donors (Lipinski definition) is 0. The largest absolute Gasteiger partial charge is 0.0984 e. The Hall–Kier alpha value is -5.98. The predicted octanol–water partition coefficient (Wildman–Crippen LogP) is 13.2. The molecule has 7 aromatic rings. The van der Waals surface area contributed by atoms with E-state index in [1.54, 1.807) is 0 Å². The van der Waals surface area contributed by atoms with Crippen LogP contribution >= 0.6 is 0 Å². The first kappa shape index (κ1) is 28.3. The third kappa shape index (κ3) is 4.23. The first-order chi connectivity index (χ1) is 23.8. The summed E-state index contributed by atoms with van der Waals surface area (Å²) in [4.78, 5) is 0. The van der Waals surface area contributed by atoms with Gasteiger partial charge in [-0.1, -0.05) is 177 Å². The second-order valence-electron chi connectivity index (χ2n) is 12.8. The summed E-state index contributed by atoms with van der Waals surface area (Å²) in [6, 6.07) is 42.3. The van der Waals surface area contributed by atoms with Crippen LogP contribution in [-0.4, -0.2) is 0 Å². The molecule has 2 unspecified atom stereocenters. The van der Waals surface area contributed by atoms with Crippen molar-refractivity contribution >= 4 is 60.8 Å². The second kappa shape index (κ2) is 11.4. The summed E-state index contributed by atoms with van der Waals surface area (Å²) in [7, 11) is 0. The summed E-state index contributed by atoms with van der Waals surface area (Å²) in [6.07, 6.45) is 19.9. The first-order valence-electron chi connectivity index (χ1n) is 16.8. The van der Waals surface area contributed by atoms with Crippen molar-refractivity contribution in [3.05, 3.63) is 188 Å². The Labute approximate surface area is 281 Å². The topological polar surface area (TPSA) is 0 Å². The maximum absolute atomic E-state index is 4.40. The van der Waals surface area contributed by atoms with Crippen molar-refractivity contribution in [2.75, 3.05) is 0 Å². The molecule has 7 aromatic carbocycles. The van der Waals surface area contributed by atoms with Gasteiger partial charge in [-0.05, 0) is 93.7 Å². The maximum Gasteiger partial charge on any atom is 0.0125 e. The number of benzene rings is 7. The van der Waals surface area contributed by atoms with Crippen LogP contribution in [0.1, 0.15) is 16.7 Å². The SMILES string of the molecule is C=Cc1c(C=C)c(-c2ccc(-c3cc4ccccc4c4ccccc34)c3ccccc23)c2ccccc2c1C1=CC=CC2C=CC=CC12. The zero-order valence-corrected chi connectivity index (χ0v) is 26.7. The Morgan fingerprint density at radius 3 is 1.69 bits per heavy atom. The summed E-state index contributed by atoms with van der Waals surface area (Å²) in [5.41, 5.74) is 9.73. The Morgan fingerprint density at radius 2 is 0.958 bits per heavy atom. The van der Waals surface area contributed by atoms with E-state index in [1.807, 2.05) is 12.2 Å². The van der Waals surface area contributed by atoms with Crippen LogP contribution in [0.2, 0.25) is 0 Å². The predicted molar refractivity (Wildman–Crippen MR) is 210 cm³/mol. The zero-order chi connectivity index (χ0) is 32.2. The average molecular weight is 611 g/mol. The van der Waals surface area contributed by atoms with Gasteiger partial charge in [0.25, 0.3) is 0 Å². The van der Waals surface area contributed by atoms with Crippen molar-refractivity contribution < 1.29 is 0 Å². The molecule has 0 fully saturated rings. The van der Waals surface area contributed by atoms with Crippen LogP contribution in [0.25, 0.3) is 83.1 Å². The third-order valence-corrected chi connectivity index (χ3v) is 10.4. The highest BCUT2D eigenvalue weighted by Crippen LogP contribution is 2.48. The molecule has 2 aliphatic rings. The molecular formula is C48H34. The van der Waals surface area contributed by atoms with E-state index in [2.05, 4.69) is 171 Å². The van der Waals surface area contributed by atoms with Crippen molar-refractivity contribution in [1.29, 1.82) is 0 Å². The minimum Gasteiger partial charge on any atom is -0.0984 e. The number of fused-ring (bicyclic) bond motifs is 6. The van der Waals surface area contributed by atoms with Gasteiger partial charge < -0.3 is 0 Å². The summed E-state index contributed by atoms with van der Waals surface area (Å²) in [5, 5.41) is 10.0. The minimum absolute atomic E-state index is 0.280. The molecule has 0 aromatic heterocycles. The van der Waals surface area contributed by atoms with Gasteiger partial charge in [0.1, 0.15) is 0 Å². The lowest BCUT2D eigenvalue weighted by atomic mass is 9.73. The van der Waals surface area contributed by atoms with Crippen LogP contribution in [0.5, 0.6) is 0 Å². The molecule has 226 valence electrons. The van der Waals surface area contributed by atoms with E-state index in [1.165, 1.54) is 76.5 Å². The zero-order valence-electron chi connectivity index (χ0n) is 26.7. The Balaban J connectivity index is 1.34. The average Bonchev–Trinajstić information content (AvgIpc) is 3.16. The van der Waals surface area contributed by atoms with E-state index in [-0.39, 0.29) is 5.92 Å². The molecule has 0 heterocycles. The van der Waals surface area contributed by atoms with Crippen LogP contribution in [0, 0.1) is 11.8 Å². The molecule has 48 heavy (non-hydrogen) atoms. The second-order valence-corrected chi connectivity index (χ2v) is 12.8. The molecule has 0 heteroatoms. The van der Waals surface area contributed by atoms with Crippen LogP contribution < -0.4 is 0 Å². The van der Waals surface area contributed by atoms with Crippen LogP contribution in [0.4, 0.5) is 0 Å². The highest BCUT2D eigenvalue weighted by Gasteiger charge is 2.28. The molecule has 0 N–H and O–H groups in total. The smallest absolute Gasteiger partial charge is 0.0125 e. The quantitative estimate of drug-likeness (QED) is 0.170. The van der Waals surface area contributed by atoms with Gasteiger partial charge in [-0.2, -0.15) is 0 Å². The van der Waals surface area contributed by atoms with E-state index < -0.39 is 0 Å². The lowest BCUT2D eigenvalue weighted by Crippen LogP contribution is -2.16. The number of allylic oxidation sites excluding steroid dienone is 8. The molecule has 0 spiro atoms. The van der Waals surface area contributed by atoms with Crippen LogP contribution in [0.3, 0.4) is 0 Å². The monoisotopic (exact) mass is 610 g/mol. The highest BCUT2D eigenvalue weighted by molar-refractivity contribution is 6.19. The molecule has 2 atom stereocenters. The number of hydrogen-bond acceptors (Lipinski definition) is 0. The summed E-state index contributed by atoms with van der Waals surface area (Å²) in [5.74, 6) is 0.628. The van der Waals surface area contributed by atoms with Crippen LogP contribution in [-0.2, 0) is 0 Å². The van der Waals surface area contributed by atoms with Crippen molar-refractivity contribution in [3.8, 4) is 22.3 Å². The molecule has 0 saturated carbocycles. The minimum atomic E-state index is 0.280. The van der Waals surface area contributed by atoms with Gasteiger partial charge in [0.05, 0.1) is 0 Å². The van der Waals surface area contributed by atoms with Gasteiger partial charge in [0.2, 0.25) is 0 Å². The molecule has 2 aliphatic carbocycles. The van der Waals surface area contributed by atoms with E-state index in [9.17, 15) is 0 Å². The van der Waals surface area contributed by atoms with Gasteiger partial charge >= 0.3 is 0 Å². The van der Waals surface area contributed by atoms with Crippen molar-refractivity contribution in [1.82, 2.24) is 0 Å². The fraction of sp³-hybridized carbons (Fsp3) is 0.0417. The lowest BCUT2D eigenvalue weighted by molar-refractivity contribution is 0.678. The van der Waals surface area contributed by atoms with Gasteiger partial charge in [-0.3, -0.25) is 0 Å². The van der Waals surface area contributed by atoms with Crippen molar-refractivity contribution in [2.45, 2.75) is 0 Å².